The summed E-state index contributed by atoms with van der Waals surface area (Å²) in [6.07, 6.45) is 15.0. The summed E-state index contributed by atoms with van der Waals surface area (Å²) in [4.78, 5) is 0. The number of hydrogen-bond acceptors (Lipinski definition) is 4. The van der Waals surface area contributed by atoms with Crippen LogP contribution >= 0.6 is 5.69 Å². The van der Waals surface area contributed by atoms with Crippen molar-refractivity contribution in [3.05, 3.63) is 0 Å². The topological polar surface area (TPSA) is 18.5 Å². The summed E-state index contributed by atoms with van der Waals surface area (Å²) in [6.45, 7) is 5.81. The van der Waals surface area contributed by atoms with Gasteiger partial charge in [0.25, 0.3) is 0 Å². The molecule has 0 bridgehead atoms. The molecule has 22 heavy (non-hydrogen) atoms. The third kappa shape index (κ3) is 19.6. The summed E-state index contributed by atoms with van der Waals surface area (Å²) >= 11 is 10.5. The molecule has 0 unspecified atom stereocenters. The zero-order valence-corrected chi connectivity index (χ0v) is 20.2. The summed E-state index contributed by atoms with van der Waals surface area (Å²) in [5.74, 6) is 0. The first-order valence-electron chi connectivity index (χ1n) is 8.72. The second-order valence-corrected chi connectivity index (χ2v) is 10.6. The Morgan fingerprint density at radius 1 is 0.682 bits per heavy atom. The molecule has 0 spiro atoms. The second kappa shape index (κ2) is 18.9. The maximum Gasteiger partial charge on any atom is 2.00 e. The van der Waals surface area contributed by atoms with Gasteiger partial charge in [0.05, 0.1) is 18.9 Å². The van der Waals surface area contributed by atoms with Crippen molar-refractivity contribution in [3.63, 3.8) is 0 Å². The molecule has 0 saturated heterocycles. The van der Waals surface area contributed by atoms with Gasteiger partial charge in [0.2, 0.25) is 0 Å². The predicted molar refractivity (Wildman–Crippen MR) is 100 cm³/mol. The first kappa shape index (κ1) is 25.8. The summed E-state index contributed by atoms with van der Waals surface area (Å²) in [6, 6.07) is 0. The molecule has 0 heterocycles. The van der Waals surface area contributed by atoms with E-state index < -0.39 is 5.69 Å². The SMILES string of the molecule is CCCCCCCCOP(=S)([S-])OCCCCCCCC.[Zn+2]. The van der Waals surface area contributed by atoms with Crippen LogP contribution in [0.3, 0.4) is 0 Å². The molecule has 0 aromatic rings. The van der Waals surface area contributed by atoms with Crippen LogP contribution in [-0.4, -0.2) is 13.2 Å². The van der Waals surface area contributed by atoms with Gasteiger partial charge in [-0.1, -0.05) is 89.9 Å². The molecule has 0 fully saturated rings. The minimum Gasteiger partial charge on any atom is -0.691 e. The summed E-state index contributed by atoms with van der Waals surface area (Å²) in [5.41, 5.74) is -2.40. The van der Waals surface area contributed by atoms with Crippen molar-refractivity contribution in [3.8, 4) is 0 Å². The Kier molecular flexibility index (Phi) is 22.1. The van der Waals surface area contributed by atoms with Crippen molar-refractivity contribution >= 4 is 29.7 Å². The molecule has 0 radical (unpaired) electrons. The van der Waals surface area contributed by atoms with Crippen LogP contribution in [0.25, 0.3) is 0 Å². The summed E-state index contributed by atoms with van der Waals surface area (Å²) < 4.78 is 11.2. The fourth-order valence-corrected chi connectivity index (χ4v) is 3.83. The average molecular weight is 419 g/mol. The molecule has 128 valence electrons. The fraction of sp³-hybridized carbons (Fsp3) is 1.00. The minimum absolute atomic E-state index is 0. The molecule has 2 nitrogen and oxygen atoms in total. The molecule has 0 aliphatic heterocycles. The Labute approximate surface area is 162 Å². The third-order valence-electron chi connectivity index (χ3n) is 3.49. The summed E-state index contributed by atoms with van der Waals surface area (Å²) in [7, 11) is 0. The number of rotatable bonds is 16. The molecular formula is C16H34O2PS2Zn+. The third-order valence-corrected chi connectivity index (χ3v) is 5.76. The van der Waals surface area contributed by atoms with Crippen molar-refractivity contribution in [2.45, 2.75) is 90.9 Å². The van der Waals surface area contributed by atoms with E-state index in [1.54, 1.807) is 0 Å². The molecule has 0 aromatic heterocycles. The Morgan fingerprint density at radius 3 is 1.36 bits per heavy atom. The van der Waals surface area contributed by atoms with Crippen LogP contribution in [-0.2, 0) is 52.6 Å². The fourth-order valence-electron chi connectivity index (χ4n) is 2.15. The summed E-state index contributed by atoms with van der Waals surface area (Å²) in [5, 5.41) is 0. The van der Waals surface area contributed by atoms with Crippen molar-refractivity contribution in [1.29, 1.82) is 0 Å². The molecule has 0 rings (SSSR count). The molecule has 6 heteroatoms. The molecule has 0 N–H and O–H groups in total. The van der Waals surface area contributed by atoms with Gasteiger partial charge in [-0.25, -0.2) is 0 Å². The van der Waals surface area contributed by atoms with Gasteiger partial charge in [-0.3, -0.25) is 0 Å². The van der Waals surface area contributed by atoms with Crippen LogP contribution in [0.1, 0.15) is 90.9 Å². The molecule has 0 aromatic carbocycles. The van der Waals surface area contributed by atoms with E-state index in [0.717, 1.165) is 12.8 Å². The molecular weight excluding hydrogens is 385 g/mol. The Morgan fingerprint density at radius 2 is 1.00 bits per heavy atom. The standard InChI is InChI=1S/C16H35O2PS2.Zn/c1-3-5-7-9-11-13-15-17-19(20,21)18-16-14-12-10-8-6-4-2;/h3-16H2,1-2H3,(H,20,21);/q;+2/p-1. The second-order valence-electron chi connectivity index (χ2n) is 5.65. The predicted octanol–water partition coefficient (Wildman–Crippen LogP) is 6.51. The Balaban J connectivity index is 0. The van der Waals surface area contributed by atoms with Gasteiger partial charge in [-0.05, 0) is 12.8 Å². The molecule has 0 aliphatic carbocycles. The van der Waals surface area contributed by atoms with E-state index in [1.165, 1.54) is 64.2 Å². The van der Waals surface area contributed by atoms with Crippen molar-refractivity contribution in [1.82, 2.24) is 0 Å². The Bertz CT molecular complexity index is 247. The number of hydrogen-bond donors (Lipinski definition) is 0. The average Bonchev–Trinajstić information content (AvgIpc) is 2.45. The van der Waals surface area contributed by atoms with E-state index in [-0.39, 0.29) is 19.5 Å². The van der Waals surface area contributed by atoms with Gasteiger partial charge in [-0.2, -0.15) is 0 Å². The minimum atomic E-state index is -2.40. The van der Waals surface area contributed by atoms with E-state index in [2.05, 4.69) is 13.8 Å². The smallest absolute Gasteiger partial charge is 0.691 e. The van der Waals surface area contributed by atoms with Crippen LogP contribution in [0.5, 0.6) is 0 Å². The van der Waals surface area contributed by atoms with Crippen molar-refractivity contribution in [2.24, 2.45) is 0 Å². The van der Waals surface area contributed by atoms with Gasteiger partial charge < -0.3 is 21.3 Å². The molecule has 0 aliphatic rings. The largest absolute Gasteiger partial charge is 2.00 e. The van der Waals surface area contributed by atoms with E-state index >= 15 is 0 Å². The normalized spacial score (nSPS) is 11.4. The van der Waals surface area contributed by atoms with Crippen LogP contribution in [0, 0.1) is 0 Å². The molecule has 0 atom stereocenters. The van der Waals surface area contributed by atoms with E-state index in [0.29, 0.717) is 13.2 Å². The van der Waals surface area contributed by atoms with Gasteiger partial charge in [-0.15, -0.1) is 0 Å². The van der Waals surface area contributed by atoms with Crippen molar-refractivity contribution in [2.75, 3.05) is 13.2 Å². The van der Waals surface area contributed by atoms with E-state index in [1.807, 2.05) is 0 Å². The quantitative estimate of drug-likeness (QED) is 0.123. The van der Waals surface area contributed by atoms with Gasteiger partial charge in [0.15, 0.2) is 0 Å². The van der Waals surface area contributed by atoms with Crippen molar-refractivity contribution < 1.29 is 28.5 Å². The Hall–Kier alpha value is 1.54. The van der Waals surface area contributed by atoms with Crippen LogP contribution < -0.4 is 0 Å². The van der Waals surface area contributed by atoms with Crippen LogP contribution in [0.2, 0.25) is 0 Å². The van der Waals surface area contributed by atoms with Gasteiger partial charge >= 0.3 is 19.5 Å². The maximum absolute atomic E-state index is 5.60. The van der Waals surface area contributed by atoms with Crippen LogP contribution in [0.4, 0.5) is 0 Å². The van der Waals surface area contributed by atoms with E-state index in [9.17, 15) is 0 Å². The van der Waals surface area contributed by atoms with E-state index in [4.69, 9.17) is 33.1 Å². The molecule has 0 saturated carbocycles. The zero-order valence-electron chi connectivity index (χ0n) is 14.7. The monoisotopic (exact) mass is 417 g/mol. The first-order valence-corrected chi connectivity index (χ1v) is 12.4. The van der Waals surface area contributed by atoms with Gasteiger partial charge in [0.1, 0.15) is 0 Å². The first-order chi connectivity index (χ1) is 10.1. The maximum atomic E-state index is 5.60. The van der Waals surface area contributed by atoms with Crippen LogP contribution in [0.15, 0.2) is 0 Å². The zero-order chi connectivity index (χ0) is 15.8. The van der Waals surface area contributed by atoms with Gasteiger partial charge in [0, 0.05) is 0 Å². The molecule has 0 amide bonds. The number of unbranched alkanes of at least 4 members (excludes halogenated alkanes) is 10.